The second kappa shape index (κ2) is 9.76. The van der Waals surface area contributed by atoms with E-state index >= 15 is 0 Å². The number of rotatable bonds is 7. The summed E-state index contributed by atoms with van der Waals surface area (Å²) in [6.45, 7) is 8.73. The molecule has 1 aliphatic heterocycles. The number of aryl methyl sites for hydroxylation is 3. The van der Waals surface area contributed by atoms with Crippen LogP contribution >= 0.6 is 0 Å². The third-order valence-corrected chi connectivity index (χ3v) is 5.13. The molecule has 0 bridgehead atoms. The van der Waals surface area contributed by atoms with Crippen molar-refractivity contribution in [1.82, 2.24) is 0 Å². The van der Waals surface area contributed by atoms with Gasteiger partial charge in [-0.05, 0) is 75.9 Å². The fourth-order valence-corrected chi connectivity index (χ4v) is 3.54. The molecule has 0 saturated carbocycles. The maximum absolute atomic E-state index is 12.5. The van der Waals surface area contributed by atoms with Crippen LogP contribution in [0, 0.1) is 20.8 Å². The Labute approximate surface area is 177 Å². The zero-order chi connectivity index (χ0) is 21.7. The fraction of sp³-hybridized carbons (Fsp3) is 0.417. The van der Waals surface area contributed by atoms with Crippen LogP contribution in [0.3, 0.4) is 0 Å². The zero-order valence-electron chi connectivity index (χ0n) is 18.0. The van der Waals surface area contributed by atoms with Crippen LogP contribution in [0.2, 0.25) is 0 Å². The summed E-state index contributed by atoms with van der Waals surface area (Å²) in [6, 6.07) is 10.7. The molecule has 2 aromatic rings. The molecule has 3 rings (SSSR count). The highest BCUT2D eigenvalue weighted by atomic mass is 16.5. The first-order valence-corrected chi connectivity index (χ1v) is 10.3. The van der Waals surface area contributed by atoms with Gasteiger partial charge in [0.15, 0.2) is 6.10 Å². The predicted octanol–water partition coefficient (Wildman–Crippen LogP) is 4.35. The Bertz CT molecular complexity index is 877. The molecule has 0 aromatic heterocycles. The summed E-state index contributed by atoms with van der Waals surface area (Å²) in [4.78, 5) is 24.9. The van der Waals surface area contributed by atoms with Crippen molar-refractivity contribution in [3.05, 3.63) is 58.7 Å². The van der Waals surface area contributed by atoms with Crippen molar-refractivity contribution < 1.29 is 23.8 Å². The minimum absolute atomic E-state index is 0.134. The summed E-state index contributed by atoms with van der Waals surface area (Å²) in [7, 11) is 0. The van der Waals surface area contributed by atoms with Crippen LogP contribution in [-0.2, 0) is 14.3 Å². The first kappa shape index (κ1) is 21.8. The van der Waals surface area contributed by atoms with Crippen molar-refractivity contribution in [3.8, 4) is 5.75 Å². The number of hydrogen-bond donors (Lipinski definition) is 1. The summed E-state index contributed by atoms with van der Waals surface area (Å²) >= 11 is 0. The molecule has 1 fully saturated rings. The highest BCUT2D eigenvalue weighted by Gasteiger charge is 2.21. The van der Waals surface area contributed by atoms with E-state index in [1.807, 2.05) is 32.9 Å². The summed E-state index contributed by atoms with van der Waals surface area (Å²) in [5.41, 5.74) is 4.18. The van der Waals surface area contributed by atoms with Gasteiger partial charge in [0.05, 0.1) is 11.7 Å². The van der Waals surface area contributed by atoms with Gasteiger partial charge in [-0.15, -0.1) is 0 Å². The van der Waals surface area contributed by atoms with Gasteiger partial charge in [-0.3, -0.25) is 4.79 Å². The number of benzene rings is 2. The van der Waals surface area contributed by atoms with E-state index in [0.29, 0.717) is 17.9 Å². The Kier molecular flexibility index (Phi) is 7.11. The van der Waals surface area contributed by atoms with Gasteiger partial charge in [0.25, 0.3) is 5.91 Å². The van der Waals surface area contributed by atoms with E-state index in [1.165, 1.54) is 0 Å². The molecule has 1 heterocycles. The average Bonchev–Trinajstić information content (AvgIpc) is 3.23. The number of nitrogens with one attached hydrogen (secondary N) is 1. The molecule has 0 aliphatic carbocycles. The van der Waals surface area contributed by atoms with Crippen LogP contribution in [0.25, 0.3) is 0 Å². The molecular weight excluding hydrogens is 382 g/mol. The SMILES string of the molecule is Cc1cc(C)c(NC(=O)[C@@H](C)OC(=O)c2ccc(OC[C@@H]3CCCO3)cc2)c(C)c1. The lowest BCUT2D eigenvalue weighted by Gasteiger charge is -2.17. The molecule has 0 spiro atoms. The van der Waals surface area contributed by atoms with Crippen LogP contribution in [0.15, 0.2) is 36.4 Å². The van der Waals surface area contributed by atoms with Crippen molar-refractivity contribution in [1.29, 1.82) is 0 Å². The molecule has 1 N–H and O–H groups in total. The summed E-state index contributed by atoms with van der Waals surface area (Å²) in [6.07, 6.45) is 1.28. The average molecular weight is 411 g/mol. The Morgan fingerprint density at radius 2 is 1.80 bits per heavy atom. The quantitative estimate of drug-likeness (QED) is 0.686. The monoisotopic (exact) mass is 411 g/mol. The van der Waals surface area contributed by atoms with Gasteiger partial charge in [0.1, 0.15) is 12.4 Å². The van der Waals surface area contributed by atoms with E-state index in [4.69, 9.17) is 14.2 Å². The smallest absolute Gasteiger partial charge is 0.338 e. The number of esters is 1. The number of carbonyl (C=O) groups excluding carboxylic acids is 2. The van der Waals surface area contributed by atoms with Gasteiger partial charge in [-0.2, -0.15) is 0 Å². The van der Waals surface area contributed by atoms with Crippen LogP contribution in [0.1, 0.15) is 46.8 Å². The molecule has 6 nitrogen and oxygen atoms in total. The second-order valence-electron chi connectivity index (χ2n) is 7.78. The molecule has 6 heteroatoms. The number of ether oxygens (including phenoxy) is 3. The number of hydrogen-bond acceptors (Lipinski definition) is 5. The largest absolute Gasteiger partial charge is 0.491 e. The molecule has 1 saturated heterocycles. The van der Waals surface area contributed by atoms with E-state index in [1.54, 1.807) is 31.2 Å². The maximum Gasteiger partial charge on any atom is 0.338 e. The topological polar surface area (TPSA) is 73.9 Å². The van der Waals surface area contributed by atoms with Crippen molar-refractivity contribution in [2.45, 2.75) is 52.7 Å². The van der Waals surface area contributed by atoms with Crippen LogP contribution in [0.4, 0.5) is 5.69 Å². The van der Waals surface area contributed by atoms with Crippen molar-refractivity contribution in [2.75, 3.05) is 18.5 Å². The lowest BCUT2D eigenvalue weighted by atomic mass is 10.0. The summed E-state index contributed by atoms with van der Waals surface area (Å²) in [5, 5.41) is 2.87. The van der Waals surface area contributed by atoms with E-state index in [-0.39, 0.29) is 12.0 Å². The van der Waals surface area contributed by atoms with Gasteiger partial charge >= 0.3 is 5.97 Å². The second-order valence-corrected chi connectivity index (χ2v) is 7.78. The highest BCUT2D eigenvalue weighted by molar-refractivity contribution is 5.98. The minimum Gasteiger partial charge on any atom is -0.491 e. The maximum atomic E-state index is 12.5. The molecule has 1 aliphatic rings. The van der Waals surface area contributed by atoms with Gasteiger partial charge < -0.3 is 19.5 Å². The standard InChI is InChI=1S/C24H29NO5/c1-15-12-16(2)22(17(3)13-15)25-23(26)18(4)30-24(27)19-7-9-20(10-8-19)29-14-21-6-5-11-28-21/h7-10,12-13,18,21H,5-6,11,14H2,1-4H3,(H,25,26)/t18-,21+/m1/s1. The molecule has 0 radical (unpaired) electrons. The third-order valence-electron chi connectivity index (χ3n) is 5.13. The molecule has 2 aromatic carbocycles. The normalized spacial score (nSPS) is 16.7. The van der Waals surface area contributed by atoms with E-state index in [0.717, 1.165) is 41.8 Å². The third kappa shape index (κ3) is 5.60. The number of amides is 1. The molecule has 30 heavy (non-hydrogen) atoms. The predicted molar refractivity (Wildman–Crippen MR) is 115 cm³/mol. The Morgan fingerprint density at radius 1 is 1.13 bits per heavy atom. The Balaban J connectivity index is 1.53. The zero-order valence-corrected chi connectivity index (χ0v) is 18.0. The van der Waals surface area contributed by atoms with Crippen molar-refractivity contribution in [3.63, 3.8) is 0 Å². The minimum atomic E-state index is -0.923. The van der Waals surface area contributed by atoms with Gasteiger partial charge in [-0.25, -0.2) is 4.79 Å². The highest BCUT2D eigenvalue weighted by Crippen LogP contribution is 2.22. The van der Waals surface area contributed by atoms with Gasteiger partial charge in [-0.1, -0.05) is 17.7 Å². The molecular formula is C24H29NO5. The molecule has 0 unspecified atom stereocenters. The van der Waals surface area contributed by atoms with Crippen LogP contribution in [0.5, 0.6) is 5.75 Å². The number of anilines is 1. The molecule has 2 atom stereocenters. The van der Waals surface area contributed by atoms with E-state index in [2.05, 4.69) is 5.32 Å². The first-order valence-electron chi connectivity index (χ1n) is 10.3. The Morgan fingerprint density at radius 3 is 2.40 bits per heavy atom. The lowest BCUT2D eigenvalue weighted by Crippen LogP contribution is -2.30. The van der Waals surface area contributed by atoms with E-state index < -0.39 is 12.1 Å². The Hall–Kier alpha value is -2.86. The number of carbonyl (C=O) groups is 2. The summed E-state index contributed by atoms with van der Waals surface area (Å²) < 4.78 is 16.6. The van der Waals surface area contributed by atoms with Gasteiger partial charge in [0, 0.05) is 12.3 Å². The lowest BCUT2D eigenvalue weighted by molar-refractivity contribution is -0.123. The molecule has 160 valence electrons. The van der Waals surface area contributed by atoms with Crippen LogP contribution in [-0.4, -0.2) is 37.3 Å². The van der Waals surface area contributed by atoms with E-state index in [9.17, 15) is 9.59 Å². The fourth-order valence-electron chi connectivity index (χ4n) is 3.54. The van der Waals surface area contributed by atoms with Crippen molar-refractivity contribution >= 4 is 17.6 Å². The molecule has 1 amide bonds. The van der Waals surface area contributed by atoms with Crippen LogP contribution < -0.4 is 10.1 Å². The first-order chi connectivity index (χ1) is 14.3. The van der Waals surface area contributed by atoms with Gasteiger partial charge in [0.2, 0.25) is 0 Å². The summed E-state index contributed by atoms with van der Waals surface area (Å²) in [5.74, 6) is -0.256. The van der Waals surface area contributed by atoms with Crippen molar-refractivity contribution in [2.24, 2.45) is 0 Å².